The third kappa shape index (κ3) is 9.99. The van der Waals surface area contributed by atoms with Gasteiger partial charge >= 0.3 is 0 Å². The van der Waals surface area contributed by atoms with Crippen LogP contribution in [0.3, 0.4) is 0 Å². The fraction of sp³-hybridized carbons (Fsp3) is 0. The van der Waals surface area contributed by atoms with Crippen molar-refractivity contribution in [2.75, 3.05) is 0 Å². The van der Waals surface area contributed by atoms with E-state index in [0.29, 0.717) is 0 Å². The fourth-order valence-electron chi connectivity index (χ4n) is 0. The Bertz CT molecular complexity index is 3.25. The van der Waals surface area contributed by atoms with Crippen LogP contribution in [-0.4, -0.2) is 0 Å². The van der Waals surface area contributed by atoms with E-state index in [2.05, 4.69) is 0 Å². The molecule has 0 spiro atoms. The lowest BCUT2D eigenvalue weighted by atomic mass is 14.0. The van der Waals surface area contributed by atoms with Gasteiger partial charge in [-0.15, -0.1) is 50.9 Å². The second-order valence-electron chi connectivity index (χ2n) is 0. The van der Waals surface area contributed by atoms with E-state index in [1.807, 2.05) is 0 Å². The lowest BCUT2D eigenvalue weighted by Gasteiger charge is -0.115. The summed E-state index contributed by atoms with van der Waals surface area (Å²) in [6, 6.07) is 0. The molecule has 0 fully saturated rings. The van der Waals surface area contributed by atoms with Crippen LogP contribution in [-0.2, 0) is 0 Å². The fourth-order valence-corrected chi connectivity index (χ4v) is 0. The smallest absolute Gasteiger partial charge is 0 e. The molecule has 0 amide bonds. The van der Waals surface area contributed by atoms with Crippen molar-refractivity contribution in [1.29, 1.82) is 0 Å². The topological polar surface area (TPSA) is 30.5 Å². The maximum absolute atomic E-state index is 0. The van der Waals surface area contributed by atoms with E-state index in [1.54, 1.807) is 0 Å². The Morgan fingerprint density at radius 3 is 0.500 bits per heavy atom. The molecule has 0 aliphatic carbocycles. The summed E-state index contributed by atoms with van der Waals surface area (Å²) in [4.78, 5) is 0. The van der Waals surface area contributed by atoms with Gasteiger partial charge in [0.1, 0.15) is 0 Å². The highest BCUT2D eigenvalue weighted by Crippen LogP contribution is 0.848. The monoisotopic (exact) mass is 254 g/mol. The van der Waals surface area contributed by atoms with Gasteiger partial charge < -0.3 is 0 Å². The first kappa shape index (κ1) is 53.3. The van der Waals surface area contributed by atoms with Crippen LogP contribution in [0.4, 0.5) is 0 Å². The van der Waals surface area contributed by atoms with Crippen molar-refractivity contribution in [2.45, 2.75) is 0 Å². The van der Waals surface area contributed by atoms with Gasteiger partial charge in [0.05, 0.1) is 0 Å². The molecule has 0 aliphatic heterocycles. The molecule has 3 radical (unpaired) electrons. The third-order valence-electron chi connectivity index (χ3n) is 0. The van der Waals surface area contributed by atoms with Gasteiger partial charge in [-0.2, -0.15) is 0 Å². The van der Waals surface area contributed by atoms with E-state index in [0.717, 1.165) is 0 Å². The standard InChI is InChI=1S/3BrH.N/h3*1H;. The van der Waals surface area contributed by atoms with Crippen LogP contribution in [0.15, 0.2) is 0 Å². The number of nitrogens with zero attached hydrogens (tertiary/aromatic N) is 1. The van der Waals surface area contributed by atoms with Crippen LogP contribution < -0.4 is 6.15 Å². The SMILES string of the molecule is Br.Br.Br.[N]. The summed E-state index contributed by atoms with van der Waals surface area (Å²) < 4.78 is 0. The summed E-state index contributed by atoms with van der Waals surface area (Å²) >= 11 is 0. The molecule has 0 aliphatic rings. The lowest BCUT2D eigenvalue weighted by molar-refractivity contribution is 2.13. The van der Waals surface area contributed by atoms with Crippen molar-refractivity contribution >= 4 is 50.9 Å². The Labute approximate surface area is 57.0 Å². The molecule has 1 nitrogen and oxygen atoms in total. The molecular formula is H3Br3N. The maximum Gasteiger partial charge on any atom is 0 e. The zero-order chi connectivity index (χ0) is 0. The normalized spacial score (nSPS) is 0. The Morgan fingerprint density at radius 2 is 0.500 bits per heavy atom. The van der Waals surface area contributed by atoms with E-state index >= 15 is 0 Å². The van der Waals surface area contributed by atoms with Gasteiger partial charge in [0.2, 0.25) is 0 Å². The first-order chi connectivity index (χ1) is 0. The zero-order valence-electron chi connectivity index (χ0n) is 1.67. The van der Waals surface area contributed by atoms with Gasteiger partial charge in [0, 0.05) is 6.15 Å². The van der Waals surface area contributed by atoms with Gasteiger partial charge in [0.15, 0.2) is 0 Å². The van der Waals surface area contributed by atoms with Gasteiger partial charge in [-0.1, -0.05) is 0 Å². The largest absolute Gasteiger partial charge is 0.114 e. The summed E-state index contributed by atoms with van der Waals surface area (Å²) in [5, 5.41) is 0. The van der Waals surface area contributed by atoms with Crippen molar-refractivity contribution in [3.8, 4) is 0 Å². The molecular weight excluding hydrogens is 254 g/mol. The number of hydrogen-bond donors (Lipinski definition) is 0. The molecule has 0 bridgehead atoms. The molecule has 4 heavy (non-hydrogen) atoms. The van der Waals surface area contributed by atoms with E-state index in [-0.39, 0.29) is 57.1 Å². The maximum atomic E-state index is 0. The lowest BCUT2D eigenvalue weighted by Crippen LogP contribution is -0.481. The van der Waals surface area contributed by atoms with E-state index < -0.39 is 0 Å². The van der Waals surface area contributed by atoms with Crippen LogP contribution in [0.2, 0.25) is 0 Å². The zero-order valence-corrected chi connectivity index (χ0v) is 6.81. The third-order valence-corrected chi connectivity index (χ3v) is 0. The molecule has 0 atom stereocenters. The van der Waals surface area contributed by atoms with Crippen LogP contribution in [0, 0.1) is 0 Å². The molecule has 0 aromatic carbocycles. The Hall–Kier alpha value is 1.40. The molecule has 0 saturated heterocycles. The first-order valence-corrected chi connectivity index (χ1v) is 0. The minimum absolute atomic E-state index is 0. The average molecular weight is 257 g/mol. The van der Waals surface area contributed by atoms with Crippen molar-refractivity contribution in [3.63, 3.8) is 0 Å². The van der Waals surface area contributed by atoms with E-state index in [1.165, 1.54) is 0 Å². The summed E-state index contributed by atoms with van der Waals surface area (Å²) in [6.45, 7) is 0. The predicted octanol–water partition coefficient (Wildman–Crippen LogP) is 1.25. The minimum atomic E-state index is 0. The first-order valence-electron chi connectivity index (χ1n) is 0. The summed E-state index contributed by atoms with van der Waals surface area (Å²) in [6.07, 6.45) is 0. The molecule has 0 unspecified atom stereocenters. The Kier molecular flexibility index (Phi) is 346. The molecule has 29 valence electrons. The molecule has 0 aromatic rings. The van der Waals surface area contributed by atoms with E-state index in [4.69, 9.17) is 0 Å². The molecule has 0 heterocycles. The average Bonchev–Trinajstić information content (AvgIpc) is 0. The number of rotatable bonds is 0. The predicted molar refractivity (Wildman–Crippen MR) is 33.1 cm³/mol. The summed E-state index contributed by atoms with van der Waals surface area (Å²) in [7, 11) is 0. The second kappa shape index (κ2) is 26.0. The Balaban J connectivity index is 0. The Morgan fingerprint density at radius 1 is 0.500 bits per heavy atom. The van der Waals surface area contributed by atoms with Gasteiger partial charge in [-0.25, -0.2) is 0 Å². The molecule has 0 aromatic heterocycles. The highest BCUT2D eigenvalue weighted by molar-refractivity contribution is 8.93. The second-order valence-corrected chi connectivity index (χ2v) is 0. The number of halogens is 3. The quantitative estimate of drug-likeness (QED) is 0.625. The molecule has 0 rings (SSSR count). The van der Waals surface area contributed by atoms with Crippen LogP contribution in [0.25, 0.3) is 0 Å². The van der Waals surface area contributed by atoms with Crippen molar-refractivity contribution in [3.05, 3.63) is 0 Å². The summed E-state index contributed by atoms with van der Waals surface area (Å²) in [5.74, 6) is 0. The van der Waals surface area contributed by atoms with Gasteiger partial charge in [0.25, 0.3) is 0 Å². The van der Waals surface area contributed by atoms with E-state index in [9.17, 15) is 0 Å². The van der Waals surface area contributed by atoms with Crippen LogP contribution in [0.5, 0.6) is 0 Å². The van der Waals surface area contributed by atoms with Crippen LogP contribution in [0.1, 0.15) is 0 Å². The molecule has 0 saturated carbocycles. The highest BCUT2D eigenvalue weighted by atomic mass is 79.9. The highest BCUT2D eigenvalue weighted by Gasteiger charge is 0.0000269. The van der Waals surface area contributed by atoms with Crippen molar-refractivity contribution in [2.24, 2.45) is 0 Å². The van der Waals surface area contributed by atoms with Crippen LogP contribution >= 0.6 is 50.9 Å². The van der Waals surface area contributed by atoms with Crippen molar-refractivity contribution in [1.82, 2.24) is 6.15 Å². The van der Waals surface area contributed by atoms with Gasteiger partial charge in [-0.05, 0) is 0 Å². The van der Waals surface area contributed by atoms with Gasteiger partial charge in [-0.3, -0.25) is 0 Å². The minimum Gasteiger partial charge on any atom is -0.114 e. The summed E-state index contributed by atoms with van der Waals surface area (Å²) in [5.41, 5.74) is 0. The van der Waals surface area contributed by atoms with Crippen molar-refractivity contribution < 1.29 is 0 Å². The number of hydrogen-bond acceptors (Lipinski definition) is 0. The molecule has 0 N–H and O–H groups in total. The molecule has 4 heteroatoms.